The number of methoxy groups -OCH3 is 1. The predicted molar refractivity (Wildman–Crippen MR) is 65.9 cm³/mol. The van der Waals surface area contributed by atoms with Crippen molar-refractivity contribution < 1.29 is 9.53 Å². The molecule has 0 aromatic carbocycles. The molecule has 0 radical (unpaired) electrons. The molecule has 1 amide bonds. The Hall–Kier alpha value is -1.56. The number of carbonyl (C=O) groups excluding carboxylic acids is 1. The van der Waals surface area contributed by atoms with Crippen LogP contribution in [-0.2, 0) is 4.74 Å². The van der Waals surface area contributed by atoms with Crippen LogP contribution in [0.4, 0.5) is 5.82 Å². The summed E-state index contributed by atoms with van der Waals surface area (Å²) in [5.74, 6) is 0.0773. The summed E-state index contributed by atoms with van der Waals surface area (Å²) in [5, 5.41) is 6.86. The van der Waals surface area contributed by atoms with Gasteiger partial charge in [0.05, 0.1) is 0 Å². The van der Waals surface area contributed by atoms with Crippen LogP contribution in [0.3, 0.4) is 0 Å². The molecule has 6 nitrogen and oxygen atoms in total. The van der Waals surface area contributed by atoms with Crippen molar-refractivity contribution in [3.8, 4) is 0 Å². The Morgan fingerprint density at radius 1 is 1.65 bits per heavy atom. The first-order valence-electron chi connectivity index (χ1n) is 5.68. The Labute approximate surface area is 101 Å². The average molecular weight is 240 g/mol. The van der Waals surface area contributed by atoms with Crippen LogP contribution in [0.1, 0.15) is 36.7 Å². The summed E-state index contributed by atoms with van der Waals surface area (Å²) in [4.78, 5) is 11.8. The lowest BCUT2D eigenvalue weighted by Gasteiger charge is -2.04. The van der Waals surface area contributed by atoms with Gasteiger partial charge in [-0.15, -0.1) is 0 Å². The van der Waals surface area contributed by atoms with Gasteiger partial charge in [-0.3, -0.25) is 9.48 Å². The molecule has 0 spiro atoms. The number of nitrogens with zero attached hydrogens (tertiary/aromatic N) is 2. The zero-order valence-electron chi connectivity index (χ0n) is 10.6. The Bertz CT molecular complexity index is 374. The molecule has 96 valence electrons. The normalized spacial score (nSPS) is 10.8. The van der Waals surface area contributed by atoms with Gasteiger partial charge in [0, 0.05) is 32.5 Å². The summed E-state index contributed by atoms with van der Waals surface area (Å²) < 4.78 is 6.58. The van der Waals surface area contributed by atoms with Crippen molar-refractivity contribution in [2.24, 2.45) is 0 Å². The zero-order valence-corrected chi connectivity index (χ0v) is 10.6. The lowest BCUT2D eigenvalue weighted by molar-refractivity contribution is 0.0949. The topological polar surface area (TPSA) is 82.2 Å². The second kappa shape index (κ2) is 6.24. The number of nitrogens with one attached hydrogen (secondary N) is 1. The Kier molecular flexibility index (Phi) is 4.96. The quantitative estimate of drug-likeness (QED) is 0.721. The average Bonchev–Trinajstić information content (AvgIpc) is 2.67. The van der Waals surface area contributed by atoms with Gasteiger partial charge >= 0.3 is 0 Å². The van der Waals surface area contributed by atoms with E-state index in [-0.39, 0.29) is 17.8 Å². The predicted octanol–water partition coefficient (Wildman–Crippen LogP) is 0.812. The summed E-state index contributed by atoms with van der Waals surface area (Å²) in [6.45, 7) is 5.15. The fourth-order valence-electron chi connectivity index (χ4n) is 1.36. The Morgan fingerprint density at radius 2 is 2.35 bits per heavy atom. The van der Waals surface area contributed by atoms with Crippen LogP contribution >= 0.6 is 0 Å². The van der Waals surface area contributed by atoms with Gasteiger partial charge in [-0.2, -0.15) is 5.10 Å². The van der Waals surface area contributed by atoms with E-state index in [0.29, 0.717) is 18.7 Å². The highest BCUT2D eigenvalue weighted by atomic mass is 16.5. The van der Waals surface area contributed by atoms with Gasteiger partial charge in [0.2, 0.25) is 0 Å². The van der Waals surface area contributed by atoms with Crippen molar-refractivity contribution in [2.75, 3.05) is 26.0 Å². The number of aromatic nitrogens is 2. The maximum absolute atomic E-state index is 11.8. The highest BCUT2D eigenvalue weighted by molar-refractivity contribution is 5.98. The first-order chi connectivity index (χ1) is 8.06. The molecule has 1 aromatic rings. The molecule has 17 heavy (non-hydrogen) atoms. The van der Waals surface area contributed by atoms with Crippen LogP contribution in [0.15, 0.2) is 6.20 Å². The summed E-state index contributed by atoms with van der Waals surface area (Å²) in [6, 6.07) is 0.187. The number of nitrogen functional groups attached to an aromatic ring is 1. The van der Waals surface area contributed by atoms with E-state index >= 15 is 0 Å². The minimum absolute atomic E-state index is 0.187. The molecule has 0 aliphatic carbocycles. The van der Waals surface area contributed by atoms with Gasteiger partial charge in [-0.1, -0.05) is 0 Å². The number of hydrogen-bond donors (Lipinski definition) is 2. The molecule has 1 heterocycles. The summed E-state index contributed by atoms with van der Waals surface area (Å²) in [6.07, 6.45) is 2.45. The number of amides is 1. The van der Waals surface area contributed by atoms with E-state index in [1.54, 1.807) is 18.0 Å². The fraction of sp³-hybridized carbons (Fsp3) is 0.636. The van der Waals surface area contributed by atoms with Crippen molar-refractivity contribution >= 4 is 11.7 Å². The lowest BCUT2D eigenvalue weighted by atomic mass is 10.3. The molecule has 0 unspecified atom stereocenters. The molecule has 0 saturated carbocycles. The third-order valence-corrected chi connectivity index (χ3v) is 2.35. The number of anilines is 1. The minimum Gasteiger partial charge on any atom is -0.385 e. The van der Waals surface area contributed by atoms with Crippen molar-refractivity contribution in [1.29, 1.82) is 0 Å². The van der Waals surface area contributed by atoms with Gasteiger partial charge in [0.1, 0.15) is 5.56 Å². The summed E-state index contributed by atoms with van der Waals surface area (Å²) >= 11 is 0. The fourth-order valence-corrected chi connectivity index (χ4v) is 1.36. The zero-order chi connectivity index (χ0) is 12.8. The van der Waals surface area contributed by atoms with E-state index < -0.39 is 0 Å². The molecule has 6 heteroatoms. The monoisotopic (exact) mass is 240 g/mol. The molecule has 0 fully saturated rings. The molecule has 1 aromatic heterocycles. The molecule has 1 rings (SSSR count). The van der Waals surface area contributed by atoms with Gasteiger partial charge in [0.25, 0.3) is 5.91 Å². The van der Waals surface area contributed by atoms with Crippen molar-refractivity contribution in [1.82, 2.24) is 15.1 Å². The Morgan fingerprint density at radius 3 is 2.88 bits per heavy atom. The van der Waals surface area contributed by atoms with Crippen molar-refractivity contribution in [3.05, 3.63) is 11.8 Å². The number of hydrogen-bond acceptors (Lipinski definition) is 4. The van der Waals surface area contributed by atoms with E-state index in [2.05, 4.69) is 10.4 Å². The number of nitrogens with two attached hydrogens (primary N) is 1. The van der Waals surface area contributed by atoms with Crippen LogP contribution in [0.2, 0.25) is 0 Å². The number of ether oxygens (including phenoxy) is 1. The van der Waals surface area contributed by atoms with E-state index in [1.165, 1.54) is 0 Å². The van der Waals surface area contributed by atoms with Crippen molar-refractivity contribution in [3.63, 3.8) is 0 Å². The highest BCUT2D eigenvalue weighted by Crippen LogP contribution is 2.12. The van der Waals surface area contributed by atoms with E-state index in [0.717, 1.165) is 6.42 Å². The summed E-state index contributed by atoms with van der Waals surface area (Å²) in [5.41, 5.74) is 6.12. The summed E-state index contributed by atoms with van der Waals surface area (Å²) in [7, 11) is 1.63. The van der Waals surface area contributed by atoms with Crippen LogP contribution in [0.25, 0.3) is 0 Å². The van der Waals surface area contributed by atoms with E-state index in [9.17, 15) is 4.79 Å². The maximum Gasteiger partial charge on any atom is 0.256 e. The van der Waals surface area contributed by atoms with Crippen LogP contribution in [0.5, 0.6) is 0 Å². The third-order valence-electron chi connectivity index (χ3n) is 2.35. The van der Waals surface area contributed by atoms with Crippen LogP contribution in [0, 0.1) is 0 Å². The second-order valence-electron chi connectivity index (χ2n) is 4.10. The SMILES string of the molecule is COCCCNC(=O)c1cn(C(C)C)nc1N. The lowest BCUT2D eigenvalue weighted by Crippen LogP contribution is -2.25. The molecule has 3 N–H and O–H groups in total. The molecule has 0 aliphatic heterocycles. The molecular formula is C11H20N4O2. The number of carbonyl (C=O) groups is 1. The highest BCUT2D eigenvalue weighted by Gasteiger charge is 2.14. The Balaban J connectivity index is 2.56. The van der Waals surface area contributed by atoms with Crippen molar-refractivity contribution in [2.45, 2.75) is 26.3 Å². The van der Waals surface area contributed by atoms with Gasteiger partial charge in [-0.05, 0) is 20.3 Å². The number of rotatable bonds is 6. The second-order valence-corrected chi connectivity index (χ2v) is 4.10. The largest absolute Gasteiger partial charge is 0.385 e. The molecule has 0 saturated heterocycles. The minimum atomic E-state index is -0.189. The first kappa shape index (κ1) is 13.5. The van der Waals surface area contributed by atoms with Crippen LogP contribution in [-0.4, -0.2) is 35.9 Å². The van der Waals surface area contributed by atoms with E-state index in [1.807, 2.05) is 13.8 Å². The smallest absolute Gasteiger partial charge is 0.256 e. The van der Waals surface area contributed by atoms with Gasteiger partial charge < -0.3 is 15.8 Å². The standard InChI is InChI=1S/C11H20N4O2/c1-8(2)15-7-9(10(12)14-15)11(16)13-5-4-6-17-3/h7-8H,4-6H2,1-3H3,(H2,12,14)(H,13,16). The van der Waals surface area contributed by atoms with Crippen LogP contribution < -0.4 is 11.1 Å². The molecule has 0 aliphatic rings. The molecule has 0 bridgehead atoms. The molecular weight excluding hydrogens is 220 g/mol. The third kappa shape index (κ3) is 3.74. The van der Waals surface area contributed by atoms with Gasteiger partial charge in [-0.25, -0.2) is 0 Å². The van der Waals surface area contributed by atoms with Gasteiger partial charge in [0.15, 0.2) is 5.82 Å². The first-order valence-corrected chi connectivity index (χ1v) is 5.68. The molecule has 0 atom stereocenters. The van der Waals surface area contributed by atoms with E-state index in [4.69, 9.17) is 10.5 Å². The maximum atomic E-state index is 11.8.